The Morgan fingerprint density at radius 2 is 1.75 bits per heavy atom. The molecule has 0 aromatic carbocycles. The third-order valence-corrected chi connectivity index (χ3v) is 4.38. The Morgan fingerprint density at radius 1 is 1.08 bits per heavy atom. The van der Waals surface area contributed by atoms with Crippen molar-refractivity contribution < 1.29 is 14.0 Å². The van der Waals surface area contributed by atoms with Gasteiger partial charge >= 0.3 is 0 Å². The second kappa shape index (κ2) is 6.42. The molecule has 9 heteroatoms. The molecule has 0 saturated carbocycles. The second-order valence-electron chi connectivity index (χ2n) is 5.89. The average molecular weight is 332 g/mol. The number of piperazine rings is 1. The molecular weight excluding hydrogens is 312 g/mol. The maximum atomic E-state index is 12.7. The van der Waals surface area contributed by atoms with Crippen molar-refractivity contribution in [1.82, 2.24) is 30.0 Å². The van der Waals surface area contributed by atoms with Crippen LogP contribution in [0.5, 0.6) is 0 Å². The molecule has 0 atom stereocenters. The van der Waals surface area contributed by atoms with E-state index in [0.29, 0.717) is 37.5 Å². The molecular formula is C15H20N6O3. The van der Waals surface area contributed by atoms with Gasteiger partial charge in [0.25, 0.3) is 5.91 Å². The van der Waals surface area contributed by atoms with Crippen molar-refractivity contribution in [3.63, 3.8) is 0 Å². The third-order valence-electron chi connectivity index (χ3n) is 4.38. The minimum atomic E-state index is -0.0547. The van der Waals surface area contributed by atoms with Gasteiger partial charge in [-0.3, -0.25) is 9.59 Å². The van der Waals surface area contributed by atoms with E-state index in [2.05, 4.69) is 15.5 Å². The highest BCUT2D eigenvalue weighted by molar-refractivity contribution is 5.97. The first-order valence-corrected chi connectivity index (χ1v) is 7.81. The number of tetrazole rings is 1. The van der Waals surface area contributed by atoms with Gasteiger partial charge in [0.2, 0.25) is 5.91 Å². The number of aryl methyl sites for hydroxylation is 2. The molecule has 0 spiro atoms. The van der Waals surface area contributed by atoms with Gasteiger partial charge in [-0.1, -0.05) is 0 Å². The van der Waals surface area contributed by atoms with Gasteiger partial charge in [-0.15, -0.1) is 5.10 Å². The summed E-state index contributed by atoms with van der Waals surface area (Å²) in [4.78, 5) is 28.4. The lowest BCUT2D eigenvalue weighted by Crippen LogP contribution is -2.51. The van der Waals surface area contributed by atoms with E-state index in [4.69, 9.17) is 4.42 Å². The van der Waals surface area contributed by atoms with Gasteiger partial charge in [0.1, 0.15) is 24.4 Å². The van der Waals surface area contributed by atoms with Gasteiger partial charge in [0.05, 0.1) is 5.56 Å². The number of aromatic nitrogens is 4. The molecule has 9 nitrogen and oxygen atoms in total. The minimum absolute atomic E-state index is 0.0329. The Labute approximate surface area is 139 Å². The van der Waals surface area contributed by atoms with E-state index in [1.54, 1.807) is 16.7 Å². The Kier molecular flexibility index (Phi) is 4.32. The molecule has 3 heterocycles. The van der Waals surface area contributed by atoms with Gasteiger partial charge in [0, 0.05) is 31.7 Å². The summed E-state index contributed by atoms with van der Waals surface area (Å²) in [6.07, 6.45) is 1.41. The standard InChI is InChI=1S/C15H20N6O3/c1-10-11(2)24-12(3)14(10)15(23)20-6-4-19(5-7-20)13(22)8-21-9-16-17-18-21/h9H,4-8H2,1-3H3. The molecule has 24 heavy (non-hydrogen) atoms. The van der Waals surface area contributed by atoms with Crippen LogP contribution in [-0.4, -0.2) is 68.0 Å². The third kappa shape index (κ3) is 3.01. The van der Waals surface area contributed by atoms with Crippen molar-refractivity contribution in [1.29, 1.82) is 0 Å². The lowest BCUT2D eigenvalue weighted by atomic mass is 10.1. The number of carbonyl (C=O) groups is 2. The lowest BCUT2D eigenvalue weighted by Gasteiger charge is -2.34. The van der Waals surface area contributed by atoms with Gasteiger partial charge < -0.3 is 14.2 Å². The fourth-order valence-corrected chi connectivity index (χ4v) is 2.92. The van der Waals surface area contributed by atoms with Crippen molar-refractivity contribution in [2.24, 2.45) is 0 Å². The lowest BCUT2D eigenvalue weighted by molar-refractivity contribution is -0.133. The molecule has 1 fully saturated rings. The molecule has 0 bridgehead atoms. The fraction of sp³-hybridized carbons (Fsp3) is 0.533. The van der Waals surface area contributed by atoms with E-state index in [0.717, 1.165) is 11.3 Å². The second-order valence-corrected chi connectivity index (χ2v) is 5.89. The van der Waals surface area contributed by atoms with Gasteiger partial charge in [0.15, 0.2) is 0 Å². The number of furan rings is 1. The summed E-state index contributed by atoms with van der Waals surface area (Å²) >= 11 is 0. The largest absolute Gasteiger partial charge is 0.466 e. The van der Waals surface area contributed by atoms with E-state index < -0.39 is 0 Å². The van der Waals surface area contributed by atoms with Gasteiger partial charge in [-0.25, -0.2) is 4.68 Å². The summed E-state index contributed by atoms with van der Waals surface area (Å²) in [7, 11) is 0. The maximum Gasteiger partial charge on any atom is 0.257 e. The SMILES string of the molecule is Cc1oc(C)c(C(=O)N2CCN(C(=O)Cn3cnnn3)CC2)c1C. The molecule has 128 valence electrons. The molecule has 1 aliphatic rings. The molecule has 0 unspecified atom stereocenters. The zero-order chi connectivity index (χ0) is 17.3. The zero-order valence-electron chi connectivity index (χ0n) is 14.0. The summed E-state index contributed by atoms with van der Waals surface area (Å²) in [5, 5.41) is 10.7. The number of hydrogen-bond donors (Lipinski definition) is 0. The fourth-order valence-electron chi connectivity index (χ4n) is 2.92. The van der Waals surface area contributed by atoms with Crippen LogP contribution in [0.2, 0.25) is 0 Å². The summed E-state index contributed by atoms with van der Waals surface area (Å²) in [6.45, 7) is 7.68. The normalized spacial score (nSPS) is 15.0. The zero-order valence-corrected chi connectivity index (χ0v) is 14.0. The van der Waals surface area contributed by atoms with Gasteiger partial charge in [-0.2, -0.15) is 0 Å². The molecule has 0 N–H and O–H groups in total. The van der Waals surface area contributed by atoms with Crippen LogP contribution in [0.4, 0.5) is 0 Å². The van der Waals surface area contributed by atoms with Crippen molar-refractivity contribution >= 4 is 11.8 Å². The van der Waals surface area contributed by atoms with Crippen LogP contribution in [0.3, 0.4) is 0 Å². The van der Waals surface area contributed by atoms with Crippen LogP contribution in [0, 0.1) is 20.8 Å². The van der Waals surface area contributed by atoms with Crippen molar-refractivity contribution in [2.75, 3.05) is 26.2 Å². The topological polar surface area (TPSA) is 97.4 Å². The van der Waals surface area contributed by atoms with E-state index >= 15 is 0 Å². The molecule has 2 amide bonds. The predicted molar refractivity (Wildman–Crippen MR) is 83.2 cm³/mol. The number of carbonyl (C=O) groups excluding carboxylic acids is 2. The number of rotatable bonds is 3. The van der Waals surface area contributed by atoms with Crippen LogP contribution < -0.4 is 0 Å². The average Bonchev–Trinajstić information content (AvgIpc) is 3.15. The van der Waals surface area contributed by atoms with E-state index in [9.17, 15) is 9.59 Å². The molecule has 0 aliphatic carbocycles. The quantitative estimate of drug-likeness (QED) is 0.795. The van der Waals surface area contributed by atoms with E-state index in [-0.39, 0.29) is 18.4 Å². The number of hydrogen-bond acceptors (Lipinski definition) is 6. The van der Waals surface area contributed by atoms with Crippen LogP contribution >= 0.6 is 0 Å². The molecule has 2 aromatic heterocycles. The first-order chi connectivity index (χ1) is 11.5. The number of nitrogens with zero attached hydrogens (tertiary/aromatic N) is 6. The van der Waals surface area contributed by atoms with Crippen LogP contribution in [0.25, 0.3) is 0 Å². The Morgan fingerprint density at radius 3 is 2.29 bits per heavy atom. The van der Waals surface area contributed by atoms with Crippen LogP contribution in [0.1, 0.15) is 27.4 Å². The highest BCUT2D eigenvalue weighted by Crippen LogP contribution is 2.22. The Hall–Kier alpha value is -2.71. The Balaban J connectivity index is 1.60. The Bertz CT molecular complexity index is 744. The van der Waals surface area contributed by atoms with Crippen molar-refractivity contribution in [3.8, 4) is 0 Å². The van der Waals surface area contributed by atoms with Gasteiger partial charge in [-0.05, 0) is 31.2 Å². The molecule has 1 saturated heterocycles. The summed E-state index contributed by atoms with van der Waals surface area (Å²) < 4.78 is 6.93. The maximum absolute atomic E-state index is 12.7. The van der Waals surface area contributed by atoms with Crippen LogP contribution in [-0.2, 0) is 11.3 Å². The highest BCUT2D eigenvalue weighted by atomic mass is 16.3. The first-order valence-electron chi connectivity index (χ1n) is 7.81. The van der Waals surface area contributed by atoms with Crippen molar-refractivity contribution in [3.05, 3.63) is 29.0 Å². The smallest absolute Gasteiger partial charge is 0.257 e. The molecule has 1 aliphatic heterocycles. The van der Waals surface area contributed by atoms with Crippen LogP contribution in [0.15, 0.2) is 10.7 Å². The monoisotopic (exact) mass is 332 g/mol. The summed E-state index contributed by atoms with van der Waals surface area (Å²) in [5.74, 6) is 1.33. The van der Waals surface area contributed by atoms with Crippen molar-refractivity contribution in [2.45, 2.75) is 27.3 Å². The molecule has 3 rings (SSSR count). The minimum Gasteiger partial charge on any atom is -0.466 e. The number of amides is 2. The predicted octanol–water partition coefficient (Wildman–Crippen LogP) is 0.176. The molecule has 2 aromatic rings. The molecule has 0 radical (unpaired) electrons. The van der Waals surface area contributed by atoms with E-state index in [1.807, 2.05) is 13.8 Å². The van der Waals surface area contributed by atoms with E-state index in [1.165, 1.54) is 11.0 Å². The summed E-state index contributed by atoms with van der Waals surface area (Å²) in [5.41, 5.74) is 1.52. The first kappa shape index (κ1) is 16.2. The summed E-state index contributed by atoms with van der Waals surface area (Å²) in [6, 6.07) is 0. The highest BCUT2D eigenvalue weighted by Gasteiger charge is 2.28.